The minimum absolute atomic E-state index is 0.0932. The first-order chi connectivity index (χ1) is 13.7. The second-order valence-corrected chi connectivity index (χ2v) is 7.64. The van der Waals surface area contributed by atoms with Gasteiger partial charge >= 0.3 is 45.1 Å². The largest absolute Gasteiger partial charge is 0.484 e. The average Bonchev–Trinajstić information content (AvgIpc) is 2.60. The molecule has 0 saturated heterocycles. The van der Waals surface area contributed by atoms with Crippen LogP contribution in [-0.4, -0.2) is 71.1 Å². The van der Waals surface area contributed by atoms with Crippen LogP contribution in [0.25, 0.3) is 0 Å². The van der Waals surface area contributed by atoms with Crippen molar-refractivity contribution in [1.29, 1.82) is 0 Å². The van der Waals surface area contributed by atoms with Crippen molar-refractivity contribution >= 4 is 9.53 Å². The van der Waals surface area contributed by atoms with Gasteiger partial charge in [0.2, 0.25) is 0 Å². The van der Waals surface area contributed by atoms with Crippen molar-refractivity contribution in [3.63, 3.8) is 0 Å². The summed E-state index contributed by atoms with van der Waals surface area (Å²) in [4.78, 5) is 0. The molecule has 1 atom stereocenters. The summed E-state index contributed by atoms with van der Waals surface area (Å²) >= 11 is 0. The molecule has 0 aromatic rings. The normalized spacial score (nSPS) is 16.2. The van der Waals surface area contributed by atoms with Gasteiger partial charge in [-0.15, -0.1) is 0 Å². The minimum Gasteiger partial charge on any atom is -0.376 e. The molecular weight excluding hydrogens is 491 g/mol. The van der Waals surface area contributed by atoms with Crippen LogP contribution >= 0.6 is 0 Å². The molecule has 0 aromatic heterocycles. The van der Waals surface area contributed by atoms with Gasteiger partial charge < -0.3 is 13.3 Å². The first-order valence-corrected chi connectivity index (χ1v) is 9.86. The second kappa shape index (κ2) is 9.99. The Morgan fingerprint density at radius 3 is 1.39 bits per heavy atom. The molecule has 0 bridgehead atoms. The van der Waals surface area contributed by atoms with E-state index >= 15 is 0 Å². The van der Waals surface area contributed by atoms with Crippen LogP contribution in [0.4, 0.5) is 57.1 Å². The molecular formula is C14H19F13O3Si. The van der Waals surface area contributed by atoms with Gasteiger partial charge in [0.15, 0.2) is 6.17 Å². The Hall–Kier alpha value is -0.813. The molecule has 0 fully saturated rings. The van der Waals surface area contributed by atoms with E-state index in [-0.39, 0.29) is 13.2 Å². The highest BCUT2D eigenvalue weighted by molar-refractivity contribution is 6.36. The number of hydrogen-bond acceptors (Lipinski definition) is 3. The zero-order valence-corrected chi connectivity index (χ0v) is 17.3. The molecule has 0 amide bonds. The molecule has 3 nitrogen and oxygen atoms in total. The van der Waals surface area contributed by atoms with E-state index < -0.39 is 71.2 Å². The van der Waals surface area contributed by atoms with Crippen LogP contribution in [0.5, 0.6) is 0 Å². The molecule has 0 aliphatic rings. The van der Waals surface area contributed by atoms with Crippen LogP contribution in [0, 0.1) is 0 Å². The van der Waals surface area contributed by atoms with E-state index in [2.05, 4.69) is 4.43 Å². The van der Waals surface area contributed by atoms with Gasteiger partial charge in [-0.25, -0.2) is 4.39 Å². The molecule has 31 heavy (non-hydrogen) atoms. The smallest absolute Gasteiger partial charge is 0.376 e. The molecule has 0 radical (unpaired) electrons. The van der Waals surface area contributed by atoms with E-state index in [1.54, 1.807) is 0 Å². The molecule has 0 N–H and O–H groups in total. The Morgan fingerprint density at radius 1 is 0.645 bits per heavy atom. The van der Waals surface area contributed by atoms with Crippen molar-refractivity contribution in [2.45, 2.75) is 68.9 Å². The highest BCUT2D eigenvalue weighted by atomic mass is 28.3. The van der Waals surface area contributed by atoms with Gasteiger partial charge in [0.05, 0.1) is 0 Å². The van der Waals surface area contributed by atoms with E-state index in [9.17, 15) is 57.1 Å². The van der Waals surface area contributed by atoms with Crippen LogP contribution in [0.2, 0.25) is 0 Å². The third-order valence-corrected chi connectivity index (χ3v) is 5.55. The standard InChI is InChI=1S/C14H19F13O3Si/c1-4-28-31(29-5-2)30-7-6-9(16,17)11(20,21)13(24,25)14(26,27)12(22,23)10(18,19)8(3)15/h8,31H,4-7H2,1-3H3. The Morgan fingerprint density at radius 2 is 1.03 bits per heavy atom. The van der Waals surface area contributed by atoms with Crippen LogP contribution in [-0.2, 0) is 13.3 Å². The van der Waals surface area contributed by atoms with Gasteiger partial charge in [-0.3, -0.25) is 0 Å². The van der Waals surface area contributed by atoms with Gasteiger partial charge in [-0.2, -0.15) is 52.7 Å². The third-order valence-electron chi connectivity index (χ3n) is 3.84. The summed E-state index contributed by atoms with van der Waals surface area (Å²) in [6.07, 6.45) is -6.64. The van der Waals surface area contributed by atoms with Gasteiger partial charge in [-0.1, -0.05) is 0 Å². The Labute approximate surface area is 169 Å². The van der Waals surface area contributed by atoms with E-state index in [0.717, 1.165) is 0 Å². The molecule has 0 aliphatic heterocycles. The quantitative estimate of drug-likeness (QED) is 0.233. The highest BCUT2D eigenvalue weighted by Gasteiger charge is 2.90. The van der Waals surface area contributed by atoms with E-state index in [1.165, 1.54) is 13.8 Å². The zero-order chi connectivity index (χ0) is 25.1. The maximum absolute atomic E-state index is 13.7. The summed E-state index contributed by atoms with van der Waals surface area (Å²) < 4.78 is 188. The summed E-state index contributed by atoms with van der Waals surface area (Å²) in [7, 11) is -3.19. The summed E-state index contributed by atoms with van der Waals surface area (Å²) in [5, 5.41) is 0. The van der Waals surface area contributed by atoms with E-state index in [1.807, 2.05) is 0 Å². The van der Waals surface area contributed by atoms with Gasteiger partial charge in [-0.05, 0) is 20.8 Å². The molecule has 0 rings (SSSR count). The fourth-order valence-corrected chi connectivity index (χ4v) is 3.08. The molecule has 0 spiro atoms. The fourth-order valence-electron chi connectivity index (χ4n) is 1.94. The monoisotopic (exact) mass is 510 g/mol. The molecule has 0 saturated carbocycles. The van der Waals surface area contributed by atoms with E-state index in [0.29, 0.717) is 0 Å². The van der Waals surface area contributed by atoms with Crippen LogP contribution in [0.3, 0.4) is 0 Å². The van der Waals surface area contributed by atoms with Crippen molar-refractivity contribution in [1.82, 2.24) is 0 Å². The maximum atomic E-state index is 13.7. The van der Waals surface area contributed by atoms with Crippen molar-refractivity contribution in [3.8, 4) is 0 Å². The lowest BCUT2D eigenvalue weighted by Crippen LogP contribution is -2.71. The maximum Gasteiger partial charge on any atom is 0.484 e. The minimum atomic E-state index is -7.79. The molecule has 0 aromatic carbocycles. The SMILES string of the molecule is CCO[SiH](OCC)OCCC(F)(F)C(F)(F)C(F)(F)C(F)(F)C(F)(F)C(F)(F)C(C)F. The summed E-state index contributed by atoms with van der Waals surface area (Å²) in [6, 6.07) is 0. The summed E-state index contributed by atoms with van der Waals surface area (Å²) in [5.74, 6) is -43.0. The lowest BCUT2D eigenvalue weighted by molar-refractivity contribution is -0.429. The lowest BCUT2D eigenvalue weighted by Gasteiger charge is -2.41. The number of rotatable bonds is 14. The van der Waals surface area contributed by atoms with Crippen molar-refractivity contribution in [2.75, 3.05) is 19.8 Å². The first-order valence-electron chi connectivity index (χ1n) is 8.44. The van der Waals surface area contributed by atoms with Crippen molar-refractivity contribution in [3.05, 3.63) is 0 Å². The molecule has 0 heterocycles. The number of alkyl halides is 13. The summed E-state index contributed by atoms with van der Waals surface area (Å²) in [5.41, 5.74) is 0. The predicted molar refractivity (Wildman–Crippen MR) is 81.2 cm³/mol. The lowest BCUT2D eigenvalue weighted by atomic mass is 9.89. The number of halogens is 13. The van der Waals surface area contributed by atoms with Crippen LogP contribution < -0.4 is 0 Å². The Bertz CT molecular complexity index is 566. The highest BCUT2D eigenvalue weighted by Crippen LogP contribution is 2.61. The average molecular weight is 510 g/mol. The van der Waals surface area contributed by atoms with Crippen LogP contribution in [0.1, 0.15) is 27.2 Å². The van der Waals surface area contributed by atoms with E-state index in [4.69, 9.17) is 8.85 Å². The van der Waals surface area contributed by atoms with Crippen LogP contribution in [0.15, 0.2) is 0 Å². The fraction of sp³-hybridized carbons (Fsp3) is 1.00. The Balaban J connectivity index is 5.83. The number of hydrogen-bond donors (Lipinski definition) is 0. The zero-order valence-electron chi connectivity index (χ0n) is 16.1. The molecule has 0 aliphatic carbocycles. The first kappa shape index (κ1) is 30.2. The second-order valence-electron chi connectivity index (χ2n) is 6.06. The van der Waals surface area contributed by atoms with Crippen molar-refractivity contribution < 1.29 is 70.4 Å². The molecule has 1 unspecified atom stereocenters. The topological polar surface area (TPSA) is 27.7 Å². The summed E-state index contributed by atoms with van der Waals surface area (Å²) in [6.45, 7) is 0.635. The third kappa shape index (κ3) is 5.40. The predicted octanol–water partition coefficient (Wildman–Crippen LogP) is 5.35. The molecule has 17 heteroatoms. The van der Waals surface area contributed by atoms with Gasteiger partial charge in [0, 0.05) is 26.2 Å². The molecule has 188 valence electrons. The van der Waals surface area contributed by atoms with Gasteiger partial charge in [0.25, 0.3) is 0 Å². The van der Waals surface area contributed by atoms with Gasteiger partial charge in [0.1, 0.15) is 0 Å². The van der Waals surface area contributed by atoms with Crippen molar-refractivity contribution in [2.24, 2.45) is 0 Å². The Kier molecular flexibility index (Phi) is 9.72.